The Morgan fingerprint density at radius 1 is 1.38 bits per heavy atom. The Kier molecular flexibility index (Phi) is 1.99. The van der Waals surface area contributed by atoms with Gasteiger partial charge in [0.2, 0.25) is 11.5 Å². The van der Waals surface area contributed by atoms with Crippen LogP contribution in [0.4, 0.5) is 5.95 Å². The monoisotopic (exact) mass is 217 g/mol. The Bertz CT molecular complexity index is 554. The zero-order valence-electron chi connectivity index (χ0n) is 8.60. The van der Waals surface area contributed by atoms with Crippen molar-refractivity contribution in [2.45, 2.75) is 6.42 Å². The molecular formula is C10H11N5O. The Balaban J connectivity index is 1.94. The third-order valence-electron chi connectivity index (χ3n) is 2.66. The highest BCUT2D eigenvalue weighted by Crippen LogP contribution is 2.19. The molecule has 3 rings (SSSR count). The molecule has 2 aromatic heterocycles. The number of aromatic nitrogens is 4. The van der Waals surface area contributed by atoms with Crippen LogP contribution in [0.3, 0.4) is 0 Å². The molecule has 2 N–H and O–H groups in total. The van der Waals surface area contributed by atoms with E-state index in [1.807, 2.05) is 0 Å². The van der Waals surface area contributed by atoms with E-state index in [4.69, 9.17) is 0 Å². The summed E-state index contributed by atoms with van der Waals surface area (Å²) in [5, 5.41) is 6.96. The van der Waals surface area contributed by atoms with Crippen molar-refractivity contribution in [1.82, 2.24) is 20.2 Å². The Morgan fingerprint density at radius 2 is 2.25 bits per heavy atom. The van der Waals surface area contributed by atoms with Crippen LogP contribution in [0.25, 0.3) is 11.4 Å². The van der Waals surface area contributed by atoms with Gasteiger partial charge in [-0.3, -0.25) is 9.89 Å². The largest absolute Gasteiger partial charge is 0.339 e. The maximum atomic E-state index is 11.1. The summed E-state index contributed by atoms with van der Waals surface area (Å²) in [6, 6.07) is 3.29. The van der Waals surface area contributed by atoms with Gasteiger partial charge in [0.15, 0.2) is 5.82 Å². The lowest BCUT2D eigenvalue weighted by atomic mass is 10.2. The average Bonchev–Trinajstić information content (AvgIpc) is 2.64. The SMILES string of the molecule is O=c1cc(-c2nc(N3CCC3)n[nH]2)cc[nH]1. The Labute approximate surface area is 91.3 Å². The van der Waals surface area contributed by atoms with Gasteiger partial charge in [-0.25, -0.2) is 0 Å². The zero-order chi connectivity index (χ0) is 11.0. The van der Waals surface area contributed by atoms with Crippen molar-refractivity contribution < 1.29 is 0 Å². The molecule has 0 amide bonds. The zero-order valence-corrected chi connectivity index (χ0v) is 8.60. The summed E-state index contributed by atoms with van der Waals surface area (Å²) in [5.41, 5.74) is 0.613. The van der Waals surface area contributed by atoms with Gasteiger partial charge in [0, 0.05) is 30.9 Å². The van der Waals surface area contributed by atoms with Crippen molar-refractivity contribution >= 4 is 5.95 Å². The van der Waals surface area contributed by atoms with E-state index in [-0.39, 0.29) is 5.56 Å². The van der Waals surface area contributed by atoms with Gasteiger partial charge < -0.3 is 9.88 Å². The average molecular weight is 217 g/mol. The van der Waals surface area contributed by atoms with Crippen LogP contribution in [0.15, 0.2) is 23.1 Å². The molecule has 0 saturated carbocycles. The summed E-state index contributed by atoms with van der Waals surface area (Å²) in [4.78, 5) is 20.1. The molecule has 1 fully saturated rings. The third kappa shape index (κ3) is 1.48. The van der Waals surface area contributed by atoms with Gasteiger partial charge >= 0.3 is 0 Å². The summed E-state index contributed by atoms with van der Waals surface area (Å²) in [6.07, 6.45) is 2.79. The summed E-state index contributed by atoms with van der Waals surface area (Å²) >= 11 is 0. The van der Waals surface area contributed by atoms with Crippen molar-refractivity contribution in [2.75, 3.05) is 18.0 Å². The Morgan fingerprint density at radius 3 is 2.94 bits per heavy atom. The maximum Gasteiger partial charge on any atom is 0.248 e. The van der Waals surface area contributed by atoms with Crippen molar-refractivity contribution in [1.29, 1.82) is 0 Å². The minimum absolute atomic E-state index is 0.139. The fourth-order valence-electron chi connectivity index (χ4n) is 1.63. The quantitative estimate of drug-likeness (QED) is 0.761. The number of nitrogens with zero attached hydrogens (tertiary/aromatic N) is 3. The summed E-state index contributed by atoms with van der Waals surface area (Å²) < 4.78 is 0. The maximum absolute atomic E-state index is 11.1. The molecule has 0 spiro atoms. The van der Waals surface area contributed by atoms with Crippen LogP contribution in [0.5, 0.6) is 0 Å². The molecule has 0 aromatic carbocycles. The first kappa shape index (κ1) is 9.14. The lowest BCUT2D eigenvalue weighted by Gasteiger charge is -2.29. The van der Waals surface area contributed by atoms with E-state index in [2.05, 4.69) is 25.1 Å². The van der Waals surface area contributed by atoms with E-state index < -0.39 is 0 Å². The fourth-order valence-corrected chi connectivity index (χ4v) is 1.63. The number of H-pyrrole nitrogens is 2. The van der Waals surface area contributed by atoms with E-state index in [0.717, 1.165) is 18.7 Å². The molecule has 0 radical (unpaired) electrons. The predicted octanol–water partition coefficient (Wildman–Crippen LogP) is 0.370. The van der Waals surface area contributed by atoms with Gasteiger partial charge in [-0.2, -0.15) is 4.98 Å². The van der Waals surface area contributed by atoms with Crippen LogP contribution in [0, 0.1) is 0 Å². The lowest BCUT2D eigenvalue weighted by molar-refractivity contribution is 0.601. The summed E-state index contributed by atoms with van der Waals surface area (Å²) in [7, 11) is 0. The molecule has 16 heavy (non-hydrogen) atoms. The van der Waals surface area contributed by atoms with Crippen molar-refractivity contribution in [2.24, 2.45) is 0 Å². The lowest BCUT2D eigenvalue weighted by Crippen LogP contribution is -2.37. The second kappa shape index (κ2) is 3.48. The first-order valence-electron chi connectivity index (χ1n) is 5.19. The van der Waals surface area contributed by atoms with Crippen LogP contribution in [0.2, 0.25) is 0 Å². The highest BCUT2D eigenvalue weighted by atomic mass is 16.1. The van der Waals surface area contributed by atoms with E-state index in [9.17, 15) is 4.79 Å². The van der Waals surface area contributed by atoms with Crippen LogP contribution in [0.1, 0.15) is 6.42 Å². The first-order valence-corrected chi connectivity index (χ1v) is 5.19. The topological polar surface area (TPSA) is 77.7 Å². The molecule has 1 saturated heterocycles. The molecule has 0 unspecified atom stereocenters. The van der Waals surface area contributed by atoms with Gasteiger partial charge in [0.1, 0.15) is 0 Å². The van der Waals surface area contributed by atoms with Gasteiger partial charge in [0.25, 0.3) is 0 Å². The molecule has 0 bridgehead atoms. The van der Waals surface area contributed by atoms with Crippen LogP contribution >= 0.6 is 0 Å². The normalized spacial score (nSPS) is 14.9. The minimum Gasteiger partial charge on any atom is -0.339 e. The molecular weight excluding hydrogens is 206 g/mol. The molecule has 3 heterocycles. The van der Waals surface area contributed by atoms with Gasteiger partial charge in [-0.15, -0.1) is 5.10 Å². The number of pyridine rings is 1. The van der Waals surface area contributed by atoms with Crippen LogP contribution < -0.4 is 10.5 Å². The van der Waals surface area contributed by atoms with E-state index in [1.165, 1.54) is 12.5 Å². The molecule has 1 aliphatic rings. The predicted molar refractivity (Wildman–Crippen MR) is 59.3 cm³/mol. The van der Waals surface area contributed by atoms with Gasteiger partial charge in [0.05, 0.1) is 0 Å². The number of hydrogen-bond donors (Lipinski definition) is 2. The van der Waals surface area contributed by atoms with Crippen LogP contribution in [-0.4, -0.2) is 33.3 Å². The van der Waals surface area contributed by atoms with Gasteiger partial charge in [-0.1, -0.05) is 0 Å². The standard InChI is InChI=1S/C10H11N5O/c16-8-6-7(2-3-11-8)9-12-10(14-13-9)15-4-1-5-15/h2-3,6H,1,4-5H2,(H,11,16)(H,12,13,14). The molecule has 2 aromatic rings. The molecule has 6 heteroatoms. The molecule has 0 atom stereocenters. The second-order valence-corrected chi connectivity index (χ2v) is 3.77. The van der Waals surface area contributed by atoms with Crippen molar-refractivity contribution in [3.8, 4) is 11.4 Å². The second-order valence-electron chi connectivity index (χ2n) is 3.77. The number of aromatic amines is 2. The molecule has 0 aliphatic carbocycles. The summed E-state index contributed by atoms with van der Waals surface area (Å²) in [5.74, 6) is 1.34. The highest BCUT2D eigenvalue weighted by molar-refractivity contribution is 5.55. The summed E-state index contributed by atoms with van der Waals surface area (Å²) in [6.45, 7) is 2.01. The number of anilines is 1. The van der Waals surface area contributed by atoms with Gasteiger partial charge in [-0.05, 0) is 12.5 Å². The molecule has 82 valence electrons. The third-order valence-corrected chi connectivity index (χ3v) is 2.66. The molecule has 6 nitrogen and oxygen atoms in total. The minimum atomic E-state index is -0.139. The number of rotatable bonds is 2. The first-order chi connectivity index (χ1) is 7.83. The van der Waals surface area contributed by atoms with E-state index >= 15 is 0 Å². The van der Waals surface area contributed by atoms with Crippen molar-refractivity contribution in [3.05, 3.63) is 28.7 Å². The Hall–Kier alpha value is -2.11. The smallest absolute Gasteiger partial charge is 0.248 e. The van der Waals surface area contributed by atoms with E-state index in [0.29, 0.717) is 11.8 Å². The van der Waals surface area contributed by atoms with Crippen LogP contribution in [-0.2, 0) is 0 Å². The van der Waals surface area contributed by atoms with E-state index in [1.54, 1.807) is 12.3 Å². The number of nitrogens with one attached hydrogen (secondary N) is 2. The molecule has 1 aliphatic heterocycles. The highest BCUT2D eigenvalue weighted by Gasteiger charge is 2.18. The fraction of sp³-hybridized carbons (Fsp3) is 0.300. The number of hydrogen-bond acceptors (Lipinski definition) is 4. The van der Waals surface area contributed by atoms with Crippen molar-refractivity contribution in [3.63, 3.8) is 0 Å².